The number of rotatable bonds is 5. The van der Waals surface area contributed by atoms with Crippen LogP contribution in [0.2, 0.25) is 0 Å². The minimum Gasteiger partial charge on any atom is -0.478 e. The summed E-state index contributed by atoms with van der Waals surface area (Å²) in [7, 11) is 0. The SMILES string of the molecule is O=C(NCCc1c[nH]c2ccccc12)Nc1ccc2[nH]cc(C(=O)O)c2c1. The molecule has 0 bridgehead atoms. The van der Waals surface area contributed by atoms with Crippen molar-refractivity contribution in [2.75, 3.05) is 11.9 Å². The number of hydrogen-bond donors (Lipinski definition) is 5. The molecule has 0 fully saturated rings. The largest absolute Gasteiger partial charge is 0.478 e. The third-order valence-electron chi connectivity index (χ3n) is 4.52. The van der Waals surface area contributed by atoms with Gasteiger partial charge < -0.3 is 25.7 Å². The van der Waals surface area contributed by atoms with Crippen LogP contribution in [0.4, 0.5) is 10.5 Å². The van der Waals surface area contributed by atoms with Crippen molar-refractivity contribution in [2.45, 2.75) is 6.42 Å². The highest BCUT2D eigenvalue weighted by atomic mass is 16.4. The van der Waals surface area contributed by atoms with Gasteiger partial charge in [0.1, 0.15) is 0 Å². The lowest BCUT2D eigenvalue weighted by atomic mass is 10.1. The number of anilines is 1. The van der Waals surface area contributed by atoms with Crippen LogP contribution in [0.1, 0.15) is 15.9 Å². The van der Waals surface area contributed by atoms with Crippen LogP contribution in [-0.4, -0.2) is 33.6 Å². The zero-order valence-electron chi connectivity index (χ0n) is 14.4. The van der Waals surface area contributed by atoms with Crippen molar-refractivity contribution in [3.05, 3.63) is 66.0 Å². The summed E-state index contributed by atoms with van der Waals surface area (Å²) in [6.45, 7) is 0.487. The first-order valence-electron chi connectivity index (χ1n) is 8.56. The predicted molar refractivity (Wildman–Crippen MR) is 104 cm³/mol. The molecule has 0 aliphatic heterocycles. The second-order valence-corrected chi connectivity index (χ2v) is 6.26. The molecule has 2 heterocycles. The zero-order valence-corrected chi connectivity index (χ0v) is 14.4. The molecule has 7 heteroatoms. The fourth-order valence-corrected chi connectivity index (χ4v) is 3.20. The molecule has 136 valence electrons. The lowest BCUT2D eigenvalue weighted by molar-refractivity contribution is 0.0699. The monoisotopic (exact) mass is 362 g/mol. The Bertz CT molecular complexity index is 1140. The molecule has 0 aliphatic rings. The van der Waals surface area contributed by atoms with Crippen LogP contribution in [0.3, 0.4) is 0 Å². The van der Waals surface area contributed by atoms with E-state index in [2.05, 4.69) is 20.6 Å². The maximum atomic E-state index is 12.1. The molecule has 2 aromatic heterocycles. The number of carbonyl (C=O) groups is 2. The van der Waals surface area contributed by atoms with Crippen LogP contribution in [0, 0.1) is 0 Å². The molecule has 0 radical (unpaired) electrons. The molecule has 0 spiro atoms. The minimum atomic E-state index is -1.01. The van der Waals surface area contributed by atoms with E-state index in [9.17, 15) is 14.7 Å². The van der Waals surface area contributed by atoms with E-state index in [-0.39, 0.29) is 11.6 Å². The van der Waals surface area contributed by atoms with Gasteiger partial charge in [0.05, 0.1) is 5.56 Å². The van der Waals surface area contributed by atoms with Crippen molar-refractivity contribution >= 4 is 39.5 Å². The molecule has 4 rings (SSSR count). The summed E-state index contributed by atoms with van der Waals surface area (Å²) >= 11 is 0. The average molecular weight is 362 g/mol. The lowest BCUT2D eigenvalue weighted by Gasteiger charge is -2.08. The molecule has 27 heavy (non-hydrogen) atoms. The number of para-hydroxylation sites is 1. The van der Waals surface area contributed by atoms with Gasteiger partial charge >= 0.3 is 12.0 Å². The first-order valence-corrected chi connectivity index (χ1v) is 8.56. The van der Waals surface area contributed by atoms with Crippen LogP contribution in [0.25, 0.3) is 21.8 Å². The summed E-state index contributed by atoms with van der Waals surface area (Å²) in [6.07, 6.45) is 4.10. The second-order valence-electron chi connectivity index (χ2n) is 6.26. The Kier molecular flexibility index (Phi) is 4.25. The summed E-state index contributed by atoms with van der Waals surface area (Å²) in [4.78, 5) is 29.5. The summed E-state index contributed by atoms with van der Waals surface area (Å²) < 4.78 is 0. The Balaban J connectivity index is 1.38. The Labute approximate surface area is 154 Å². The molecular weight excluding hydrogens is 344 g/mol. The number of aromatic amines is 2. The van der Waals surface area contributed by atoms with Crippen molar-refractivity contribution in [3.8, 4) is 0 Å². The molecule has 5 N–H and O–H groups in total. The van der Waals surface area contributed by atoms with Crippen LogP contribution >= 0.6 is 0 Å². The van der Waals surface area contributed by atoms with E-state index in [1.54, 1.807) is 18.2 Å². The Morgan fingerprint density at radius 2 is 1.74 bits per heavy atom. The Morgan fingerprint density at radius 1 is 0.963 bits per heavy atom. The number of fused-ring (bicyclic) bond motifs is 2. The van der Waals surface area contributed by atoms with E-state index in [0.29, 0.717) is 29.6 Å². The van der Waals surface area contributed by atoms with E-state index < -0.39 is 5.97 Å². The Morgan fingerprint density at radius 3 is 2.59 bits per heavy atom. The van der Waals surface area contributed by atoms with Crippen LogP contribution in [0.5, 0.6) is 0 Å². The van der Waals surface area contributed by atoms with Crippen molar-refractivity contribution in [1.29, 1.82) is 0 Å². The topological polar surface area (TPSA) is 110 Å². The van der Waals surface area contributed by atoms with Crippen molar-refractivity contribution in [1.82, 2.24) is 15.3 Å². The molecule has 0 saturated heterocycles. The normalized spacial score (nSPS) is 11.0. The number of nitrogens with one attached hydrogen (secondary N) is 4. The number of urea groups is 1. The van der Waals surface area contributed by atoms with Crippen molar-refractivity contribution in [3.63, 3.8) is 0 Å². The Hall–Kier alpha value is -3.74. The number of benzene rings is 2. The first-order chi connectivity index (χ1) is 13.1. The van der Waals surface area contributed by atoms with Gasteiger partial charge in [0.15, 0.2) is 0 Å². The van der Waals surface area contributed by atoms with Gasteiger partial charge in [-0.25, -0.2) is 9.59 Å². The van der Waals surface area contributed by atoms with Gasteiger partial charge in [0.2, 0.25) is 0 Å². The van der Waals surface area contributed by atoms with Gasteiger partial charge in [0.25, 0.3) is 0 Å². The highest BCUT2D eigenvalue weighted by molar-refractivity contribution is 6.05. The van der Waals surface area contributed by atoms with Gasteiger partial charge in [-0.2, -0.15) is 0 Å². The first kappa shape index (κ1) is 16.7. The van der Waals surface area contributed by atoms with E-state index in [4.69, 9.17) is 0 Å². The quantitative estimate of drug-likeness (QED) is 0.373. The number of carboxylic acids is 1. The molecule has 0 atom stereocenters. The average Bonchev–Trinajstić information content (AvgIpc) is 3.26. The third-order valence-corrected chi connectivity index (χ3v) is 4.52. The standard InChI is InChI=1S/C20H18N4O3/c25-19(26)16-11-23-18-6-5-13(9-15(16)18)24-20(27)21-8-7-12-10-22-17-4-2-1-3-14(12)17/h1-6,9-11,22-23H,7-8H2,(H,25,26)(H2,21,24,27). The number of aromatic nitrogens is 2. The maximum Gasteiger partial charge on any atom is 0.337 e. The van der Waals surface area contributed by atoms with Gasteiger partial charge in [0, 0.05) is 46.4 Å². The van der Waals surface area contributed by atoms with E-state index >= 15 is 0 Å². The second kappa shape index (κ2) is 6.87. The maximum absolute atomic E-state index is 12.1. The molecule has 0 aliphatic carbocycles. The highest BCUT2D eigenvalue weighted by Crippen LogP contribution is 2.22. The fraction of sp³-hybridized carbons (Fsp3) is 0.100. The zero-order chi connectivity index (χ0) is 18.8. The van der Waals surface area contributed by atoms with E-state index in [1.165, 1.54) is 6.20 Å². The molecule has 2 amide bonds. The number of hydrogen-bond acceptors (Lipinski definition) is 2. The number of carboxylic acid groups (broad SMARTS) is 1. The summed E-state index contributed by atoms with van der Waals surface area (Å²) in [6, 6.07) is 12.8. The summed E-state index contributed by atoms with van der Waals surface area (Å²) in [5, 5.41) is 16.5. The van der Waals surface area contributed by atoms with Gasteiger partial charge in [-0.15, -0.1) is 0 Å². The number of aromatic carboxylic acids is 1. The summed E-state index contributed by atoms with van der Waals surface area (Å²) in [5.41, 5.74) is 3.64. The van der Waals surface area contributed by atoms with Gasteiger partial charge in [-0.1, -0.05) is 18.2 Å². The molecule has 7 nitrogen and oxygen atoms in total. The minimum absolute atomic E-state index is 0.174. The number of H-pyrrole nitrogens is 2. The third kappa shape index (κ3) is 3.35. The van der Waals surface area contributed by atoms with Crippen LogP contribution in [0.15, 0.2) is 54.9 Å². The van der Waals surface area contributed by atoms with Crippen molar-refractivity contribution < 1.29 is 14.7 Å². The van der Waals surface area contributed by atoms with E-state index in [1.807, 2.05) is 30.5 Å². The predicted octanol–water partition coefficient (Wildman–Crippen LogP) is 3.71. The van der Waals surface area contributed by atoms with Crippen LogP contribution < -0.4 is 10.6 Å². The molecular formula is C20H18N4O3. The molecule has 2 aromatic carbocycles. The van der Waals surface area contributed by atoms with Gasteiger partial charge in [-0.05, 0) is 36.2 Å². The lowest BCUT2D eigenvalue weighted by Crippen LogP contribution is -2.30. The highest BCUT2D eigenvalue weighted by Gasteiger charge is 2.11. The molecule has 0 unspecified atom stereocenters. The number of amides is 2. The van der Waals surface area contributed by atoms with Gasteiger partial charge in [-0.3, -0.25) is 0 Å². The molecule has 4 aromatic rings. The van der Waals surface area contributed by atoms with Crippen molar-refractivity contribution in [2.24, 2.45) is 0 Å². The number of carbonyl (C=O) groups excluding carboxylic acids is 1. The van der Waals surface area contributed by atoms with Crippen LogP contribution in [-0.2, 0) is 6.42 Å². The molecule has 0 saturated carbocycles. The fourth-order valence-electron chi connectivity index (χ4n) is 3.20. The van der Waals surface area contributed by atoms with E-state index in [0.717, 1.165) is 16.5 Å². The summed E-state index contributed by atoms with van der Waals surface area (Å²) in [5.74, 6) is -1.01. The smallest absolute Gasteiger partial charge is 0.337 e.